The summed E-state index contributed by atoms with van der Waals surface area (Å²) in [4.78, 5) is 0. The first-order valence-corrected chi connectivity index (χ1v) is 5.57. The second-order valence-electron chi connectivity index (χ2n) is 2.74. The molecule has 14 heavy (non-hydrogen) atoms. The smallest absolute Gasteiger partial charge is 0.133 e. The predicted octanol–water partition coefficient (Wildman–Crippen LogP) is 3.21. The second-order valence-corrected chi connectivity index (χ2v) is 3.86. The van der Waals surface area contributed by atoms with Crippen molar-refractivity contribution in [2.45, 2.75) is 5.88 Å². The Morgan fingerprint density at radius 2 is 2.14 bits per heavy atom. The van der Waals surface area contributed by atoms with Crippen molar-refractivity contribution in [1.82, 2.24) is 0 Å². The first kappa shape index (κ1) is 11.8. The molecule has 1 aromatic rings. The van der Waals surface area contributed by atoms with Gasteiger partial charge in [-0.25, -0.2) is 0 Å². The van der Waals surface area contributed by atoms with Crippen LogP contribution in [0.4, 0.5) is 0 Å². The van der Waals surface area contributed by atoms with Gasteiger partial charge in [0.1, 0.15) is 12.4 Å². The number of methoxy groups -OCH3 is 1. The average Bonchev–Trinajstić information content (AvgIpc) is 2.20. The molecule has 0 unspecified atom stereocenters. The van der Waals surface area contributed by atoms with Crippen molar-refractivity contribution < 1.29 is 9.47 Å². The second kappa shape index (κ2) is 6.27. The molecule has 0 fully saturated rings. The molecule has 1 aromatic carbocycles. The maximum Gasteiger partial charge on any atom is 0.133 e. The topological polar surface area (TPSA) is 18.5 Å². The van der Waals surface area contributed by atoms with Crippen LogP contribution in [-0.4, -0.2) is 20.3 Å². The molecule has 0 aromatic heterocycles. The van der Waals surface area contributed by atoms with E-state index >= 15 is 0 Å². The van der Waals surface area contributed by atoms with Crippen molar-refractivity contribution in [2.24, 2.45) is 0 Å². The Bertz CT molecular complexity index is 291. The fourth-order valence-corrected chi connectivity index (χ4v) is 1.69. The molecule has 0 amide bonds. The molecule has 0 N–H and O–H groups in total. The van der Waals surface area contributed by atoms with E-state index in [1.807, 2.05) is 18.2 Å². The molecule has 0 atom stereocenters. The molecule has 0 aliphatic carbocycles. The van der Waals surface area contributed by atoms with Crippen LogP contribution >= 0.6 is 27.5 Å². The fourth-order valence-electron chi connectivity index (χ4n) is 0.979. The quantitative estimate of drug-likeness (QED) is 0.609. The standard InChI is InChI=1S/C10H12BrClO2/c1-13-4-5-14-10-3-2-8(7-12)6-9(10)11/h2-3,6H,4-5,7H2,1H3. The van der Waals surface area contributed by atoms with Gasteiger partial charge in [-0.2, -0.15) is 0 Å². The molecule has 0 bridgehead atoms. The van der Waals surface area contributed by atoms with Gasteiger partial charge in [-0.15, -0.1) is 11.6 Å². The fraction of sp³-hybridized carbons (Fsp3) is 0.400. The summed E-state index contributed by atoms with van der Waals surface area (Å²) in [5.74, 6) is 1.33. The molecule has 0 saturated carbocycles. The van der Waals surface area contributed by atoms with Crippen LogP contribution in [0.25, 0.3) is 0 Å². The highest BCUT2D eigenvalue weighted by atomic mass is 79.9. The van der Waals surface area contributed by atoms with Gasteiger partial charge in [0.2, 0.25) is 0 Å². The number of alkyl halides is 1. The van der Waals surface area contributed by atoms with Gasteiger partial charge in [0.05, 0.1) is 11.1 Å². The van der Waals surface area contributed by atoms with Crippen LogP contribution in [0.1, 0.15) is 5.56 Å². The van der Waals surface area contributed by atoms with Gasteiger partial charge in [0, 0.05) is 13.0 Å². The first-order chi connectivity index (χ1) is 6.77. The summed E-state index contributed by atoms with van der Waals surface area (Å²) in [5.41, 5.74) is 1.07. The van der Waals surface area contributed by atoms with E-state index in [1.165, 1.54) is 0 Å². The molecule has 1 rings (SSSR count). The molecule has 0 saturated heterocycles. The highest BCUT2D eigenvalue weighted by molar-refractivity contribution is 9.10. The lowest BCUT2D eigenvalue weighted by Gasteiger charge is -2.08. The largest absolute Gasteiger partial charge is 0.490 e. The Morgan fingerprint density at radius 3 is 2.71 bits per heavy atom. The van der Waals surface area contributed by atoms with E-state index < -0.39 is 0 Å². The summed E-state index contributed by atoms with van der Waals surface area (Å²) >= 11 is 9.11. The molecular weight excluding hydrogens is 267 g/mol. The molecule has 0 spiro atoms. The molecule has 0 radical (unpaired) electrons. The van der Waals surface area contributed by atoms with Crippen molar-refractivity contribution in [1.29, 1.82) is 0 Å². The minimum Gasteiger partial charge on any atom is -0.490 e. The zero-order valence-corrected chi connectivity index (χ0v) is 10.3. The SMILES string of the molecule is COCCOc1ccc(CCl)cc1Br. The van der Waals surface area contributed by atoms with Crippen molar-refractivity contribution in [2.75, 3.05) is 20.3 Å². The molecule has 4 heteroatoms. The summed E-state index contributed by atoms with van der Waals surface area (Å²) < 4.78 is 11.3. The number of rotatable bonds is 5. The minimum absolute atomic E-state index is 0.511. The van der Waals surface area contributed by atoms with E-state index in [0.29, 0.717) is 19.1 Å². The third kappa shape index (κ3) is 3.48. The lowest BCUT2D eigenvalue weighted by molar-refractivity contribution is 0.146. The minimum atomic E-state index is 0.511. The van der Waals surface area contributed by atoms with E-state index in [0.717, 1.165) is 15.8 Å². The van der Waals surface area contributed by atoms with Crippen LogP contribution in [0.3, 0.4) is 0 Å². The van der Waals surface area contributed by atoms with E-state index in [2.05, 4.69) is 15.9 Å². The Morgan fingerprint density at radius 1 is 1.36 bits per heavy atom. The third-order valence-electron chi connectivity index (χ3n) is 1.70. The first-order valence-electron chi connectivity index (χ1n) is 4.24. The lowest BCUT2D eigenvalue weighted by atomic mass is 10.2. The van der Waals surface area contributed by atoms with Crippen LogP contribution in [0, 0.1) is 0 Å². The zero-order chi connectivity index (χ0) is 10.4. The summed E-state index contributed by atoms with van der Waals surface area (Å²) in [7, 11) is 1.65. The summed E-state index contributed by atoms with van der Waals surface area (Å²) in [6.45, 7) is 1.14. The Kier molecular flexibility index (Phi) is 5.30. The lowest BCUT2D eigenvalue weighted by Crippen LogP contribution is -2.04. The van der Waals surface area contributed by atoms with Crippen LogP contribution in [0.15, 0.2) is 22.7 Å². The van der Waals surface area contributed by atoms with Gasteiger partial charge >= 0.3 is 0 Å². The van der Waals surface area contributed by atoms with E-state index in [4.69, 9.17) is 21.1 Å². The van der Waals surface area contributed by atoms with E-state index in [9.17, 15) is 0 Å². The number of halogens is 2. The molecule has 0 heterocycles. The Balaban J connectivity index is 2.59. The average molecular weight is 280 g/mol. The number of benzene rings is 1. The van der Waals surface area contributed by atoms with E-state index in [1.54, 1.807) is 7.11 Å². The van der Waals surface area contributed by atoms with Crippen molar-refractivity contribution in [3.05, 3.63) is 28.2 Å². The van der Waals surface area contributed by atoms with Gasteiger partial charge in [0.15, 0.2) is 0 Å². The van der Waals surface area contributed by atoms with E-state index in [-0.39, 0.29) is 0 Å². The highest BCUT2D eigenvalue weighted by Crippen LogP contribution is 2.26. The van der Waals surface area contributed by atoms with Crippen LogP contribution < -0.4 is 4.74 Å². The maximum absolute atomic E-state index is 5.70. The molecular formula is C10H12BrClO2. The van der Waals surface area contributed by atoms with Gasteiger partial charge < -0.3 is 9.47 Å². The Labute approximate surface area is 97.3 Å². The normalized spacial score (nSPS) is 10.2. The molecule has 2 nitrogen and oxygen atoms in total. The monoisotopic (exact) mass is 278 g/mol. The van der Waals surface area contributed by atoms with Crippen LogP contribution in [0.2, 0.25) is 0 Å². The predicted molar refractivity (Wildman–Crippen MR) is 61.1 cm³/mol. The third-order valence-corrected chi connectivity index (χ3v) is 2.62. The number of ether oxygens (including phenoxy) is 2. The number of hydrogen-bond acceptors (Lipinski definition) is 2. The number of hydrogen-bond donors (Lipinski definition) is 0. The molecule has 78 valence electrons. The van der Waals surface area contributed by atoms with Crippen molar-refractivity contribution >= 4 is 27.5 Å². The van der Waals surface area contributed by atoms with Crippen LogP contribution in [0.5, 0.6) is 5.75 Å². The molecule has 0 aliphatic heterocycles. The Hall–Kier alpha value is -0.250. The summed E-state index contributed by atoms with van der Waals surface area (Å²) in [6.07, 6.45) is 0. The van der Waals surface area contributed by atoms with Gasteiger partial charge in [-0.1, -0.05) is 6.07 Å². The summed E-state index contributed by atoms with van der Waals surface area (Å²) in [6, 6.07) is 5.80. The van der Waals surface area contributed by atoms with Crippen molar-refractivity contribution in [3.8, 4) is 5.75 Å². The van der Waals surface area contributed by atoms with Gasteiger partial charge in [0.25, 0.3) is 0 Å². The van der Waals surface area contributed by atoms with Gasteiger partial charge in [-0.05, 0) is 33.6 Å². The highest BCUT2D eigenvalue weighted by Gasteiger charge is 2.01. The van der Waals surface area contributed by atoms with Gasteiger partial charge in [-0.3, -0.25) is 0 Å². The summed E-state index contributed by atoms with van der Waals surface area (Å²) in [5, 5.41) is 0. The molecule has 0 aliphatic rings. The van der Waals surface area contributed by atoms with Crippen LogP contribution in [-0.2, 0) is 10.6 Å². The van der Waals surface area contributed by atoms with Crippen molar-refractivity contribution in [3.63, 3.8) is 0 Å². The maximum atomic E-state index is 5.70. The zero-order valence-electron chi connectivity index (χ0n) is 7.93.